The number of piperidine rings is 1. The molecule has 2 atom stereocenters. The van der Waals surface area contributed by atoms with E-state index in [9.17, 15) is 9.59 Å². The number of hydrogen-bond acceptors (Lipinski definition) is 3. The summed E-state index contributed by atoms with van der Waals surface area (Å²) in [5.74, 6) is 0.212. The number of carbonyl (C=O) groups excluding carboxylic acids is 2. The number of amides is 1. The quantitative estimate of drug-likeness (QED) is 0.711. The standard InChI is InChI=1S/C14H23NO3/c1-6-12(16)11-7-8-15(9-10(11)2)13(17)18-14(3,4)5/h6,10-11H,1,7-9H2,2-5H3. The Morgan fingerprint density at radius 1 is 1.39 bits per heavy atom. The summed E-state index contributed by atoms with van der Waals surface area (Å²) in [5.41, 5.74) is -0.478. The summed E-state index contributed by atoms with van der Waals surface area (Å²) in [6, 6.07) is 0. The topological polar surface area (TPSA) is 46.6 Å². The van der Waals surface area contributed by atoms with E-state index >= 15 is 0 Å². The first kappa shape index (κ1) is 14.7. The van der Waals surface area contributed by atoms with Crippen molar-refractivity contribution in [2.24, 2.45) is 11.8 Å². The molecule has 0 radical (unpaired) electrons. The van der Waals surface area contributed by atoms with Crippen LogP contribution >= 0.6 is 0 Å². The first-order valence-electron chi connectivity index (χ1n) is 6.39. The van der Waals surface area contributed by atoms with Crippen molar-refractivity contribution in [3.63, 3.8) is 0 Å². The number of nitrogens with zero attached hydrogens (tertiary/aromatic N) is 1. The summed E-state index contributed by atoms with van der Waals surface area (Å²) in [5, 5.41) is 0. The number of likely N-dealkylation sites (tertiary alicyclic amines) is 1. The lowest BCUT2D eigenvalue weighted by molar-refractivity contribution is -0.121. The molecular formula is C14H23NO3. The van der Waals surface area contributed by atoms with Crippen molar-refractivity contribution in [2.45, 2.75) is 39.7 Å². The fourth-order valence-corrected chi connectivity index (χ4v) is 2.21. The number of ether oxygens (including phenoxy) is 1. The maximum atomic E-state index is 11.9. The van der Waals surface area contributed by atoms with E-state index in [4.69, 9.17) is 4.74 Å². The number of ketones is 1. The third kappa shape index (κ3) is 3.86. The van der Waals surface area contributed by atoms with Crippen LogP contribution in [0, 0.1) is 11.8 Å². The van der Waals surface area contributed by atoms with Crippen molar-refractivity contribution in [2.75, 3.05) is 13.1 Å². The van der Waals surface area contributed by atoms with Gasteiger partial charge in [0.2, 0.25) is 0 Å². The summed E-state index contributed by atoms with van der Waals surface area (Å²) in [7, 11) is 0. The average molecular weight is 253 g/mol. The minimum Gasteiger partial charge on any atom is -0.444 e. The molecule has 18 heavy (non-hydrogen) atoms. The fraction of sp³-hybridized carbons (Fsp3) is 0.714. The minimum atomic E-state index is -0.478. The van der Waals surface area contributed by atoms with E-state index in [0.29, 0.717) is 19.5 Å². The van der Waals surface area contributed by atoms with E-state index in [1.807, 2.05) is 27.7 Å². The van der Waals surface area contributed by atoms with Crippen LogP contribution in [0.2, 0.25) is 0 Å². The van der Waals surface area contributed by atoms with Gasteiger partial charge in [0, 0.05) is 19.0 Å². The van der Waals surface area contributed by atoms with Crippen molar-refractivity contribution in [1.82, 2.24) is 4.90 Å². The molecule has 0 aromatic carbocycles. The third-order valence-electron chi connectivity index (χ3n) is 3.12. The van der Waals surface area contributed by atoms with Crippen LogP contribution in [0.15, 0.2) is 12.7 Å². The second-order valence-electron chi connectivity index (χ2n) is 5.91. The summed E-state index contributed by atoms with van der Waals surface area (Å²) in [6.07, 6.45) is 1.77. The Bertz CT molecular complexity index is 343. The second-order valence-corrected chi connectivity index (χ2v) is 5.91. The van der Waals surface area contributed by atoms with E-state index in [1.54, 1.807) is 4.90 Å². The van der Waals surface area contributed by atoms with Gasteiger partial charge < -0.3 is 9.64 Å². The zero-order chi connectivity index (χ0) is 13.9. The predicted molar refractivity (Wildman–Crippen MR) is 70.3 cm³/mol. The molecule has 0 spiro atoms. The molecule has 4 nitrogen and oxygen atoms in total. The summed E-state index contributed by atoms with van der Waals surface area (Å²) in [6.45, 7) is 12.2. The van der Waals surface area contributed by atoms with Crippen LogP contribution in [0.4, 0.5) is 4.79 Å². The van der Waals surface area contributed by atoms with E-state index in [0.717, 1.165) is 0 Å². The first-order valence-corrected chi connectivity index (χ1v) is 6.39. The normalized spacial score (nSPS) is 24.6. The summed E-state index contributed by atoms with van der Waals surface area (Å²) < 4.78 is 5.33. The molecule has 0 N–H and O–H groups in total. The molecule has 0 aromatic rings. The minimum absolute atomic E-state index is 0.0128. The Labute approximate surface area is 109 Å². The summed E-state index contributed by atoms with van der Waals surface area (Å²) >= 11 is 0. The Morgan fingerprint density at radius 3 is 2.44 bits per heavy atom. The third-order valence-corrected chi connectivity index (χ3v) is 3.12. The molecule has 0 bridgehead atoms. The Morgan fingerprint density at radius 2 is 2.00 bits per heavy atom. The van der Waals surface area contributed by atoms with Crippen molar-refractivity contribution in [3.8, 4) is 0 Å². The van der Waals surface area contributed by atoms with Crippen LogP contribution in [0.5, 0.6) is 0 Å². The monoisotopic (exact) mass is 253 g/mol. The molecule has 1 aliphatic heterocycles. The average Bonchev–Trinajstić information content (AvgIpc) is 2.25. The van der Waals surface area contributed by atoms with Gasteiger partial charge in [-0.15, -0.1) is 0 Å². The van der Waals surface area contributed by atoms with E-state index < -0.39 is 5.60 Å². The van der Waals surface area contributed by atoms with Crippen molar-refractivity contribution >= 4 is 11.9 Å². The first-order chi connectivity index (χ1) is 8.24. The van der Waals surface area contributed by atoms with Gasteiger partial charge >= 0.3 is 6.09 Å². The molecule has 1 amide bonds. The van der Waals surface area contributed by atoms with Gasteiger partial charge in [-0.3, -0.25) is 4.79 Å². The van der Waals surface area contributed by atoms with Crippen molar-refractivity contribution in [3.05, 3.63) is 12.7 Å². The van der Waals surface area contributed by atoms with Gasteiger partial charge in [0.1, 0.15) is 5.60 Å². The van der Waals surface area contributed by atoms with Crippen molar-refractivity contribution < 1.29 is 14.3 Å². The molecule has 0 aliphatic carbocycles. The second kappa shape index (κ2) is 5.55. The van der Waals surface area contributed by atoms with Gasteiger partial charge in [-0.05, 0) is 39.2 Å². The molecule has 1 heterocycles. The van der Waals surface area contributed by atoms with Crippen LogP contribution in [-0.2, 0) is 9.53 Å². The lowest BCUT2D eigenvalue weighted by Gasteiger charge is -2.36. The molecule has 4 heteroatoms. The Hall–Kier alpha value is -1.32. The van der Waals surface area contributed by atoms with E-state index in [2.05, 4.69) is 6.58 Å². The van der Waals surface area contributed by atoms with Gasteiger partial charge in [0.05, 0.1) is 0 Å². The molecular weight excluding hydrogens is 230 g/mol. The molecule has 1 fully saturated rings. The van der Waals surface area contributed by atoms with Gasteiger partial charge in [0.15, 0.2) is 5.78 Å². The maximum Gasteiger partial charge on any atom is 0.410 e. The van der Waals surface area contributed by atoms with Crippen LogP contribution < -0.4 is 0 Å². The number of allylic oxidation sites excluding steroid dienone is 1. The fourth-order valence-electron chi connectivity index (χ4n) is 2.21. The molecule has 1 aliphatic rings. The van der Waals surface area contributed by atoms with Gasteiger partial charge in [0.25, 0.3) is 0 Å². The highest BCUT2D eigenvalue weighted by Crippen LogP contribution is 2.25. The van der Waals surface area contributed by atoms with Crippen LogP contribution in [0.3, 0.4) is 0 Å². The molecule has 2 unspecified atom stereocenters. The lowest BCUT2D eigenvalue weighted by Crippen LogP contribution is -2.46. The molecule has 0 aromatic heterocycles. The Balaban J connectivity index is 2.58. The zero-order valence-electron chi connectivity index (χ0n) is 11.7. The zero-order valence-corrected chi connectivity index (χ0v) is 11.7. The lowest BCUT2D eigenvalue weighted by atomic mass is 9.84. The molecule has 0 saturated carbocycles. The highest BCUT2D eigenvalue weighted by molar-refractivity contribution is 5.91. The number of rotatable bonds is 2. The van der Waals surface area contributed by atoms with Gasteiger partial charge in [-0.1, -0.05) is 13.5 Å². The maximum absolute atomic E-state index is 11.9. The molecule has 1 saturated heterocycles. The van der Waals surface area contributed by atoms with Gasteiger partial charge in [-0.2, -0.15) is 0 Å². The summed E-state index contributed by atoms with van der Waals surface area (Å²) in [4.78, 5) is 25.2. The van der Waals surface area contributed by atoms with Crippen molar-refractivity contribution in [1.29, 1.82) is 0 Å². The molecule has 1 rings (SSSR count). The predicted octanol–water partition coefficient (Wildman–Crippen LogP) is 2.63. The van der Waals surface area contributed by atoms with Crippen LogP contribution in [-0.4, -0.2) is 35.5 Å². The Kier molecular flexibility index (Phi) is 4.54. The largest absolute Gasteiger partial charge is 0.444 e. The molecule has 102 valence electrons. The highest BCUT2D eigenvalue weighted by Gasteiger charge is 2.33. The van der Waals surface area contributed by atoms with E-state index in [1.165, 1.54) is 6.08 Å². The SMILES string of the molecule is C=CC(=O)C1CCN(C(=O)OC(C)(C)C)CC1C. The van der Waals surface area contributed by atoms with Crippen LogP contribution in [0.1, 0.15) is 34.1 Å². The number of hydrogen-bond donors (Lipinski definition) is 0. The van der Waals surface area contributed by atoms with E-state index in [-0.39, 0.29) is 23.7 Å². The highest BCUT2D eigenvalue weighted by atomic mass is 16.6. The smallest absolute Gasteiger partial charge is 0.410 e. The van der Waals surface area contributed by atoms with Gasteiger partial charge in [-0.25, -0.2) is 4.79 Å². The van der Waals surface area contributed by atoms with Crippen LogP contribution in [0.25, 0.3) is 0 Å². The number of carbonyl (C=O) groups is 2.